The molecule has 0 spiro atoms. The summed E-state index contributed by atoms with van der Waals surface area (Å²) >= 11 is 0. The maximum atomic E-state index is 5.50. The summed E-state index contributed by atoms with van der Waals surface area (Å²) in [6.45, 7) is 1.17. The van der Waals surface area contributed by atoms with Crippen molar-refractivity contribution < 1.29 is 4.74 Å². The fraction of sp³-hybridized carbons (Fsp3) is 0.286. The molecule has 0 atom stereocenters. The van der Waals surface area contributed by atoms with Gasteiger partial charge in [0.2, 0.25) is 0 Å². The van der Waals surface area contributed by atoms with Gasteiger partial charge in [0.1, 0.15) is 17.4 Å². The van der Waals surface area contributed by atoms with Gasteiger partial charge in [-0.2, -0.15) is 0 Å². The molecule has 0 aliphatic heterocycles. The van der Waals surface area contributed by atoms with E-state index in [9.17, 15) is 0 Å². The Kier molecular flexibility index (Phi) is 4.69. The number of benzene rings is 1. The molecule has 0 fully saturated rings. The SMILES string of the molecule is COc1ccc(CCNc2ccnc(CN)n2)cc1. The summed E-state index contributed by atoms with van der Waals surface area (Å²) in [7, 11) is 1.67. The molecule has 19 heavy (non-hydrogen) atoms. The number of methoxy groups -OCH3 is 1. The van der Waals surface area contributed by atoms with Gasteiger partial charge in [0, 0.05) is 12.7 Å². The van der Waals surface area contributed by atoms with Crippen molar-refractivity contribution in [2.24, 2.45) is 5.73 Å². The first-order valence-corrected chi connectivity index (χ1v) is 6.20. The molecule has 0 unspecified atom stereocenters. The summed E-state index contributed by atoms with van der Waals surface area (Å²) in [5.74, 6) is 2.33. The van der Waals surface area contributed by atoms with E-state index >= 15 is 0 Å². The van der Waals surface area contributed by atoms with Gasteiger partial charge in [-0.25, -0.2) is 9.97 Å². The lowest BCUT2D eigenvalue weighted by Crippen LogP contribution is -2.09. The zero-order valence-electron chi connectivity index (χ0n) is 11.0. The molecule has 2 rings (SSSR count). The largest absolute Gasteiger partial charge is 0.497 e. The van der Waals surface area contributed by atoms with Gasteiger partial charge < -0.3 is 15.8 Å². The summed E-state index contributed by atoms with van der Waals surface area (Å²) in [5, 5.41) is 3.26. The minimum Gasteiger partial charge on any atom is -0.497 e. The third-order valence-electron chi connectivity index (χ3n) is 2.77. The molecule has 3 N–H and O–H groups in total. The first kappa shape index (κ1) is 13.3. The van der Waals surface area contributed by atoms with Gasteiger partial charge >= 0.3 is 0 Å². The number of anilines is 1. The Balaban J connectivity index is 1.85. The van der Waals surface area contributed by atoms with E-state index in [2.05, 4.69) is 27.4 Å². The Morgan fingerprint density at radius 1 is 1.21 bits per heavy atom. The van der Waals surface area contributed by atoms with Crippen molar-refractivity contribution in [1.29, 1.82) is 0 Å². The average Bonchev–Trinajstić information content (AvgIpc) is 2.48. The zero-order valence-corrected chi connectivity index (χ0v) is 11.0. The molecule has 100 valence electrons. The Hall–Kier alpha value is -2.14. The van der Waals surface area contributed by atoms with Crippen LogP contribution in [0.3, 0.4) is 0 Å². The summed E-state index contributed by atoms with van der Waals surface area (Å²) < 4.78 is 5.12. The molecule has 0 amide bonds. The van der Waals surface area contributed by atoms with Crippen LogP contribution >= 0.6 is 0 Å². The second-order valence-corrected chi connectivity index (χ2v) is 4.09. The van der Waals surface area contributed by atoms with Crippen molar-refractivity contribution in [3.8, 4) is 5.75 Å². The van der Waals surface area contributed by atoms with Crippen LogP contribution in [0.4, 0.5) is 5.82 Å². The van der Waals surface area contributed by atoms with Crippen molar-refractivity contribution in [3.05, 3.63) is 47.9 Å². The molecular formula is C14H18N4O. The van der Waals surface area contributed by atoms with Gasteiger partial charge in [-0.3, -0.25) is 0 Å². The predicted octanol–water partition coefficient (Wildman–Crippen LogP) is 1.60. The predicted molar refractivity (Wildman–Crippen MR) is 75.1 cm³/mol. The van der Waals surface area contributed by atoms with E-state index in [0.29, 0.717) is 12.4 Å². The molecule has 1 heterocycles. The second-order valence-electron chi connectivity index (χ2n) is 4.09. The van der Waals surface area contributed by atoms with Crippen LogP contribution in [0.2, 0.25) is 0 Å². The molecule has 2 aromatic rings. The summed E-state index contributed by atoms with van der Waals surface area (Å²) in [4.78, 5) is 8.34. The normalized spacial score (nSPS) is 10.2. The Morgan fingerprint density at radius 3 is 2.68 bits per heavy atom. The van der Waals surface area contributed by atoms with Crippen LogP contribution in [0, 0.1) is 0 Å². The maximum Gasteiger partial charge on any atom is 0.144 e. The van der Waals surface area contributed by atoms with Gasteiger partial charge in [0.25, 0.3) is 0 Å². The van der Waals surface area contributed by atoms with E-state index in [1.54, 1.807) is 13.3 Å². The molecule has 0 saturated heterocycles. The number of hydrogen-bond donors (Lipinski definition) is 2. The number of nitrogens with zero attached hydrogens (tertiary/aromatic N) is 2. The number of nitrogens with two attached hydrogens (primary N) is 1. The average molecular weight is 258 g/mol. The van der Waals surface area contributed by atoms with Crippen molar-refractivity contribution in [1.82, 2.24) is 9.97 Å². The quantitative estimate of drug-likeness (QED) is 0.823. The molecule has 5 heteroatoms. The molecule has 0 aliphatic rings. The smallest absolute Gasteiger partial charge is 0.144 e. The van der Waals surface area contributed by atoms with E-state index in [-0.39, 0.29) is 0 Å². The summed E-state index contributed by atoms with van der Waals surface area (Å²) in [5.41, 5.74) is 6.75. The van der Waals surface area contributed by atoms with Crippen LogP contribution in [0.1, 0.15) is 11.4 Å². The van der Waals surface area contributed by atoms with Crippen LogP contribution in [0.25, 0.3) is 0 Å². The lowest BCUT2D eigenvalue weighted by Gasteiger charge is -2.07. The van der Waals surface area contributed by atoms with Crippen LogP contribution < -0.4 is 15.8 Å². The lowest BCUT2D eigenvalue weighted by molar-refractivity contribution is 0.414. The molecule has 1 aromatic carbocycles. The number of aromatic nitrogens is 2. The minimum absolute atomic E-state index is 0.355. The molecule has 0 saturated carbocycles. The highest BCUT2D eigenvalue weighted by Gasteiger charge is 1.98. The topological polar surface area (TPSA) is 73.1 Å². The minimum atomic E-state index is 0.355. The van der Waals surface area contributed by atoms with Crippen molar-refractivity contribution in [2.45, 2.75) is 13.0 Å². The first-order valence-electron chi connectivity index (χ1n) is 6.20. The van der Waals surface area contributed by atoms with Crippen LogP contribution in [0.15, 0.2) is 36.5 Å². The van der Waals surface area contributed by atoms with Crippen molar-refractivity contribution >= 4 is 5.82 Å². The fourth-order valence-corrected chi connectivity index (χ4v) is 1.72. The highest BCUT2D eigenvalue weighted by molar-refractivity contribution is 5.34. The van der Waals surface area contributed by atoms with E-state index in [1.807, 2.05) is 18.2 Å². The molecule has 1 aromatic heterocycles. The second kappa shape index (κ2) is 6.70. The van der Waals surface area contributed by atoms with Gasteiger partial charge in [-0.15, -0.1) is 0 Å². The lowest BCUT2D eigenvalue weighted by atomic mass is 10.1. The highest BCUT2D eigenvalue weighted by Crippen LogP contribution is 2.11. The van der Waals surface area contributed by atoms with E-state index < -0.39 is 0 Å². The van der Waals surface area contributed by atoms with Crippen LogP contribution in [-0.2, 0) is 13.0 Å². The van der Waals surface area contributed by atoms with Crippen LogP contribution in [-0.4, -0.2) is 23.6 Å². The van der Waals surface area contributed by atoms with Gasteiger partial charge in [0.15, 0.2) is 0 Å². The van der Waals surface area contributed by atoms with Crippen molar-refractivity contribution in [3.63, 3.8) is 0 Å². The number of ether oxygens (including phenoxy) is 1. The Morgan fingerprint density at radius 2 is 2.00 bits per heavy atom. The van der Waals surface area contributed by atoms with Crippen LogP contribution in [0.5, 0.6) is 5.75 Å². The number of rotatable bonds is 6. The third kappa shape index (κ3) is 3.93. The van der Waals surface area contributed by atoms with E-state index in [4.69, 9.17) is 10.5 Å². The maximum absolute atomic E-state index is 5.50. The molecule has 5 nitrogen and oxygen atoms in total. The molecule has 0 radical (unpaired) electrons. The Labute approximate surface area is 112 Å². The number of hydrogen-bond acceptors (Lipinski definition) is 5. The standard InChI is InChI=1S/C14H18N4O/c1-19-12-4-2-11(3-5-12)6-8-16-13-7-9-17-14(10-15)18-13/h2-5,7,9H,6,8,10,15H2,1H3,(H,16,17,18). The molecule has 0 bridgehead atoms. The third-order valence-corrected chi connectivity index (χ3v) is 2.77. The molecule has 0 aliphatic carbocycles. The first-order chi connectivity index (χ1) is 9.31. The van der Waals surface area contributed by atoms with Gasteiger partial charge in [0.05, 0.1) is 13.7 Å². The van der Waals surface area contributed by atoms with E-state index in [0.717, 1.165) is 24.5 Å². The fourth-order valence-electron chi connectivity index (χ4n) is 1.72. The van der Waals surface area contributed by atoms with E-state index in [1.165, 1.54) is 5.56 Å². The van der Waals surface area contributed by atoms with Gasteiger partial charge in [-0.1, -0.05) is 12.1 Å². The molecular weight excluding hydrogens is 240 g/mol. The summed E-state index contributed by atoms with van der Waals surface area (Å²) in [6.07, 6.45) is 2.64. The number of nitrogens with one attached hydrogen (secondary N) is 1. The zero-order chi connectivity index (χ0) is 13.5. The van der Waals surface area contributed by atoms with Gasteiger partial charge in [-0.05, 0) is 30.2 Å². The Bertz CT molecular complexity index is 513. The monoisotopic (exact) mass is 258 g/mol. The summed E-state index contributed by atoms with van der Waals surface area (Å²) in [6, 6.07) is 9.89. The highest BCUT2D eigenvalue weighted by atomic mass is 16.5. The van der Waals surface area contributed by atoms with Crippen molar-refractivity contribution in [2.75, 3.05) is 19.0 Å².